The number of ether oxygens (including phenoxy) is 2. The molecule has 6 nitrogen and oxygen atoms in total. The molecule has 1 atom stereocenters. The minimum absolute atomic E-state index is 0.107. The number of aryl methyl sites for hydroxylation is 1. The maximum absolute atomic E-state index is 12.9. The highest BCUT2D eigenvalue weighted by molar-refractivity contribution is 6.01. The molecule has 0 aliphatic heterocycles. The topological polar surface area (TPSA) is 67.5 Å². The van der Waals surface area contributed by atoms with E-state index in [-0.39, 0.29) is 17.5 Å². The van der Waals surface area contributed by atoms with Gasteiger partial charge in [0.05, 0.1) is 19.8 Å². The van der Waals surface area contributed by atoms with E-state index >= 15 is 0 Å². The van der Waals surface area contributed by atoms with Gasteiger partial charge in [-0.05, 0) is 56.2 Å². The lowest BCUT2D eigenvalue weighted by Crippen LogP contribution is -2.27. The quantitative estimate of drug-likeness (QED) is 0.502. The molecule has 2 rings (SSSR count). The van der Waals surface area contributed by atoms with Crippen molar-refractivity contribution in [1.29, 1.82) is 5.26 Å². The molecule has 29 heavy (non-hydrogen) atoms. The highest BCUT2D eigenvalue weighted by Crippen LogP contribution is 2.23. The number of nitriles is 1. The molecule has 1 amide bonds. The van der Waals surface area contributed by atoms with Gasteiger partial charge < -0.3 is 18.9 Å². The van der Waals surface area contributed by atoms with E-state index in [4.69, 9.17) is 9.47 Å². The van der Waals surface area contributed by atoms with E-state index in [1.165, 1.54) is 4.90 Å². The second-order valence-corrected chi connectivity index (χ2v) is 7.18. The SMILES string of the molecule is COCC(C)n1c(C)cc(/C=C(\C#N)C(=O)N(C)Cc2cccc(OC)c2)c1C. The van der Waals surface area contributed by atoms with E-state index in [2.05, 4.69) is 17.6 Å². The Morgan fingerprint density at radius 3 is 2.66 bits per heavy atom. The first-order valence-corrected chi connectivity index (χ1v) is 9.49. The van der Waals surface area contributed by atoms with Crippen LogP contribution in [0.5, 0.6) is 5.75 Å². The predicted molar refractivity (Wildman–Crippen MR) is 114 cm³/mol. The lowest BCUT2D eigenvalue weighted by atomic mass is 10.1. The summed E-state index contributed by atoms with van der Waals surface area (Å²) in [5.74, 6) is 0.419. The first kappa shape index (κ1) is 22.3. The third kappa shape index (κ3) is 5.27. The van der Waals surface area contributed by atoms with Crippen LogP contribution < -0.4 is 4.74 Å². The molecule has 0 saturated heterocycles. The number of methoxy groups -OCH3 is 2. The second-order valence-electron chi connectivity index (χ2n) is 7.18. The first-order chi connectivity index (χ1) is 13.8. The number of benzene rings is 1. The Bertz CT molecular complexity index is 937. The van der Waals surface area contributed by atoms with Crippen LogP contribution in [-0.4, -0.2) is 43.2 Å². The van der Waals surface area contributed by atoms with Gasteiger partial charge in [0, 0.05) is 32.1 Å². The minimum Gasteiger partial charge on any atom is -0.497 e. The summed E-state index contributed by atoms with van der Waals surface area (Å²) in [6.07, 6.45) is 1.67. The average Bonchev–Trinajstić information content (AvgIpc) is 2.98. The predicted octanol–water partition coefficient (Wildman–Crippen LogP) is 3.89. The fourth-order valence-electron chi connectivity index (χ4n) is 3.56. The van der Waals surface area contributed by atoms with Crippen LogP contribution in [0.4, 0.5) is 0 Å². The van der Waals surface area contributed by atoms with Crippen LogP contribution in [0.15, 0.2) is 35.9 Å². The monoisotopic (exact) mass is 395 g/mol. The third-order valence-corrected chi connectivity index (χ3v) is 4.92. The van der Waals surface area contributed by atoms with Crippen molar-refractivity contribution in [3.63, 3.8) is 0 Å². The molecule has 0 bridgehead atoms. The number of hydrogen-bond donors (Lipinski definition) is 0. The van der Waals surface area contributed by atoms with Crippen LogP contribution >= 0.6 is 0 Å². The molecule has 0 aliphatic rings. The number of carbonyl (C=O) groups excluding carboxylic acids is 1. The molecule has 6 heteroatoms. The van der Waals surface area contributed by atoms with E-state index in [0.717, 1.165) is 28.3 Å². The van der Waals surface area contributed by atoms with E-state index < -0.39 is 0 Å². The molecule has 0 saturated carbocycles. The molecule has 1 aromatic carbocycles. The van der Waals surface area contributed by atoms with Crippen LogP contribution in [0.3, 0.4) is 0 Å². The van der Waals surface area contributed by atoms with Gasteiger partial charge in [0.1, 0.15) is 17.4 Å². The normalized spacial score (nSPS) is 12.4. The molecule has 0 radical (unpaired) electrons. The maximum atomic E-state index is 12.9. The van der Waals surface area contributed by atoms with Gasteiger partial charge in [-0.25, -0.2) is 0 Å². The zero-order valence-corrected chi connectivity index (χ0v) is 18.0. The number of nitrogens with zero attached hydrogens (tertiary/aromatic N) is 3. The van der Waals surface area contributed by atoms with Crippen molar-refractivity contribution in [1.82, 2.24) is 9.47 Å². The number of likely N-dealkylation sites (N-methyl/N-ethyl adjacent to an activating group) is 1. The molecule has 0 aliphatic carbocycles. The van der Waals surface area contributed by atoms with Gasteiger partial charge in [-0.3, -0.25) is 4.79 Å². The zero-order valence-electron chi connectivity index (χ0n) is 18.0. The molecular formula is C23H29N3O3. The number of amides is 1. The smallest absolute Gasteiger partial charge is 0.264 e. The molecule has 0 N–H and O–H groups in total. The van der Waals surface area contributed by atoms with Gasteiger partial charge in [0.2, 0.25) is 0 Å². The van der Waals surface area contributed by atoms with E-state index in [0.29, 0.717) is 13.2 Å². The van der Waals surface area contributed by atoms with Gasteiger partial charge in [-0.15, -0.1) is 0 Å². The maximum Gasteiger partial charge on any atom is 0.264 e. The third-order valence-electron chi connectivity index (χ3n) is 4.92. The Morgan fingerprint density at radius 2 is 2.03 bits per heavy atom. The fraction of sp³-hybridized carbons (Fsp3) is 0.391. The lowest BCUT2D eigenvalue weighted by molar-refractivity contribution is -0.125. The number of rotatable bonds is 8. The highest BCUT2D eigenvalue weighted by Gasteiger charge is 2.18. The number of hydrogen-bond acceptors (Lipinski definition) is 4. The van der Waals surface area contributed by atoms with E-state index in [9.17, 15) is 10.1 Å². The largest absolute Gasteiger partial charge is 0.497 e. The fourth-order valence-corrected chi connectivity index (χ4v) is 3.56. The van der Waals surface area contributed by atoms with Crippen LogP contribution in [0, 0.1) is 25.2 Å². The summed E-state index contributed by atoms with van der Waals surface area (Å²) in [6, 6.07) is 11.8. The van der Waals surface area contributed by atoms with Gasteiger partial charge in [0.15, 0.2) is 0 Å². The lowest BCUT2D eigenvalue weighted by Gasteiger charge is -2.18. The average molecular weight is 396 g/mol. The van der Waals surface area contributed by atoms with Gasteiger partial charge in [-0.2, -0.15) is 5.26 Å². The van der Waals surface area contributed by atoms with Crippen molar-refractivity contribution in [3.8, 4) is 11.8 Å². The zero-order chi connectivity index (χ0) is 21.6. The molecule has 1 heterocycles. The van der Waals surface area contributed by atoms with Crippen LogP contribution in [0.1, 0.15) is 35.5 Å². The van der Waals surface area contributed by atoms with Gasteiger partial charge in [0.25, 0.3) is 5.91 Å². The Balaban J connectivity index is 2.26. The Kier molecular flexibility index (Phi) is 7.63. The summed E-state index contributed by atoms with van der Waals surface area (Å²) in [5.41, 5.74) is 3.97. The highest BCUT2D eigenvalue weighted by atomic mass is 16.5. The Labute approximate surface area is 173 Å². The van der Waals surface area contributed by atoms with Crippen molar-refractivity contribution < 1.29 is 14.3 Å². The standard InChI is InChI=1S/C23H29N3O3/c1-16-10-20(18(3)26(16)17(2)15-28-5)12-21(13-24)23(27)25(4)14-19-8-7-9-22(11-19)29-6/h7-12,17H,14-15H2,1-6H3/b21-12+. The summed E-state index contributed by atoms with van der Waals surface area (Å²) in [6.45, 7) is 7.06. The molecule has 0 fully saturated rings. The van der Waals surface area contributed by atoms with E-state index in [1.54, 1.807) is 27.3 Å². The minimum atomic E-state index is -0.315. The van der Waals surface area contributed by atoms with Crippen LogP contribution in [0.2, 0.25) is 0 Å². The van der Waals surface area contributed by atoms with Crippen LogP contribution in [-0.2, 0) is 16.1 Å². The number of carbonyl (C=O) groups is 1. The van der Waals surface area contributed by atoms with Gasteiger partial charge in [-0.1, -0.05) is 12.1 Å². The summed E-state index contributed by atoms with van der Waals surface area (Å²) in [5, 5.41) is 9.60. The van der Waals surface area contributed by atoms with E-state index in [1.807, 2.05) is 44.2 Å². The van der Waals surface area contributed by atoms with Gasteiger partial charge >= 0.3 is 0 Å². The van der Waals surface area contributed by atoms with Crippen molar-refractivity contribution in [2.75, 3.05) is 27.9 Å². The first-order valence-electron chi connectivity index (χ1n) is 9.49. The van der Waals surface area contributed by atoms with Crippen molar-refractivity contribution in [3.05, 3.63) is 58.4 Å². The summed E-state index contributed by atoms with van der Waals surface area (Å²) in [7, 11) is 4.97. The number of aromatic nitrogens is 1. The molecular weight excluding hydrogens is 366 g/mol. The Hall–Kier alpha value is -3.04. The Morgan fingerprint density at radius 1 is 1.31 bits per heavy atom. The van der Waals surface area contributed by atoms with Crippen molar-refractivity contribution in [2.24, 2.45) is 0 Å². The summed E-state index contributed by atoms with van der Waals surface area (Å²) >= 11 is 0. The summed E-state index contributed by atoms with van der Waals surface area (Å²) < 4.78 is 12.7. The molecule has 2 aromatic rings. The van der Waals surface area contributed by atoms with Crippen molar-refractivity contribution in [2.45, 2.75) is 33.4 Å². The molecule has 1 unspecified atom stereocenters. The molecule has 1 aromatic heterocycles. The second kappa shape index (κ2) is 9.94. The molecule has 0 spiro atoms. The van der Waals surface area contributed by atoms with Crippen LogP contribution in [0.25, 0.3) is 6.08 Å². The molecule has 154 valence electrons. The summed E-state index contributed by atoms with van der Waals surface area (Å²) in [4.78, 5) is 14.4. The van der Waals surface area contributed by atoms with Crippen molar-refractivity contribution >= 4 is 12.0 Å².